The van der Waals surface area contributed by atoms with Gasteiger partial charge in [0.05, 0.1) is 10.2 Å². The summed E-state index contributed by atoms with van der Waals surface area (Å²) in [6, 6.07) is 13.1. The van der Waals surface area contributed by atoms with Crippen LogP contribution in [0, 0.1) is 13.8 Å². The molecule has 3 rings (SSSR count). The first-order valence-corrected chi connectivity index (χ1v) is 7.35. The predicted octanol–water partition coefficient (Wildman–Crippen LogP) is 4.52. The molecule has 0 bridgehead atoms. The molecule has 1 amide bonds. The molecule has 5 heteroatoms. The molecule has 0 saturated carbocycles. The fourth-order valence-electron chi connectivity index (χ4n) is 2.14. The van der Waals surface area contributed by atoms with E-state index in [1.807, 2.05) is 38.1 Å². The summed E-state index contributed by atoms with van der Waals surface area (Å²) in [5.41, 5.74) is 3.21. The minimum atomic E-state index is -0.533. The number of nitrogens with one attached hydrogen (secondary N) is 1. The van der Waals surface area contributed by atoms with Crippen molar-refractivity contribution in [2.75, 3.05) is 5.32 Å². The fraction of sp³-hybridized carbons (Fsp3) is 0.125. The molecule has 0 atom stereocenters. The molecule has 0 aliphatic rings. The van der Waals surface area contributed by atoms with Crippen molar-refractivity contribution in [2.45, 2.75) is 13.8 Å². The van der Waals surface area contributed by atoms with E-state index in [1.54, 1.807) is 12.1 Å². The van der Waals surface area contributed by atoms with Gasteiger partial charge in [-0.1, -0.05) is 35.6 Å². The predicted molar refractivity (Wildman–Crippen MR) is 85.2 cm³/mol. The molecule has 1 heterocycles. The first-order valence-electron chi connectivity index (χ1n) is 6.53. The number of hydrogen-bond acceptors (Lipinski definition) is 4. The van der Waals surface area contributed by atoms with Crippen LogP contribution in [-0.2, 0) is 0 Å². The van der Waals surface area contributed by atoms with Crippen LogP contribution in [0.4, 0.5) is 9.93 Å². The van der Waals surface area contributed by atoms with Crippen LogP contribution in [0.2, 0.25) is 0 Å². The van der Waals surface area contributed by atoms with Crippen LogP contribution in [0.3, 0.4) is 0 Å². The van der Waals surface area contributed by atoms with Crippen LogP contribution < -0.4 is 10.1 Å². The van der Waals surface area contributed by atoms with E-state index in [2.05, 4.69) is 16.4 Å². The highest BCUT2D eigenvalue weighted by atomic mass is 32.1. The van der Waals surface area contributed by atoms with Gasteiger partial charge < -0.3 is 4.74 Å². The fourth-order valence-corrected chi connectivity index (χ4v) is 3.04. The van der Waals surface area contributed by atoms with Crippen molar-refractivity contribution in [3.63, 3.8) is 0 Å². The van der Waals surface area contributed by atoms with Gasteiger partial charge in [0.25, 0.3) is 0 Å². The lowest BCUT2D eigenvalue weighted by atomic mass is 10.1. The molecule has 1 N–H and O–H groups in total. The minimum absolute atomic E-state index is 0.503. The zero-order valence-corrected chi connectivity index (χ0v) is 12.5. The van der Waals surface area contributed by atoms with Crippen LogP contribution in [0.5, 0.6) is 5.75 Å². The minimum Gasteiger partial charge on any atom is -0.410 e. The summed E-state index contributed by atoms with van der Waals surface area (Å²) in [7, 11) is 0. The van der Waals surface area contributed by atoms with Gasteiger partial charge >= 0.3 is 6.09 Å². The summed E-state index contributed by atoms with van der Waals surface area (Å²) in [5, 5.41) is 3.21. The molecule has 0 saturated heterocycles. The Hall–Kier alpha value is -2.40. The summed E-state index contributed by atoms with van der Waals surface area (Å²) in [5.74, 6) is 0.503. The van der Waals surface area contributed by atoms with E-state index in [4.69, 9.17) is 4.74 Å². The van der Waals surface area contributed by atoms with Gasteiger partial charge in [-0.25, -0.2) is 9.78 Å². The number of thiazole rings is 1. The van der Waals surface area contributed by atoms with Gasteiger partial charge in [0.2, 0.25) is 0 Å². The number of aryl methyl sites for hydroxylation is 2. The summed E-state index contributed by atoms with van der Waals surface area (Å²) >= 11 is 1.45. The van der Waals surface area contributed by atoms with Crippen LogP contribution in [0.25, 0.3) is 10.2 Å². The Morgan fingerprint density at radius 3 is 2.71 bits per heavy atom. The van der Waals surface area contributed by atoms with Crippen molar-refractivity contribution >= 4 is 32.8 Å². The molecule has 0 spiro atoms. The van der Waals surface area contributed by atoms with Crippen molar-refractivity contribution in [1.82, 2.24) is 4.98 Å². The molecule has 1 aromatic heterocycles. The lowest BCUT2D eigenvalue weighted by Gasteiger charge is -2.03. The number of benzene rings is 2. The highest BCUT2D eigenvalue weighted by molar-refractivity contribution is 7.22. The monoisotopic (exact) mass is 298 g/mol. The van der Waals surface area contributed by atoms with E-state index in [-0.39, 0.29) is 0 Å². The number of rotatable bonds is 2. The second-order valence-corrected chi connectivity index (χ2v) is 5.78. The van der Waals surface area contributed by atoms with Crippen molar-refractivity contribution in [2.24, 2.45) is 0 Å². The Bertz CT molecular complexity index is 797. The van der Waals surface area contributed by atoms with Crippen LogP contribution in [-0.4, -0.2) is 11.1 Å². The van der Waals surface area contributed by atoms with Crippen molar-refractivity contribution in [3.05, 3.63) is 53.6 Å². The number of amides is 1. The van der Waals surface area contributed by atoms with Gasteiger partial charge in [0.1, 0.15) is 5.75 Å². The molecule has 2 aromatic carbocycles. The molecule has 0 fully saturated rings. The second-order valence-electron chi connectivity index (χ2n) is 4.78. The second kappa shape index (κ2) is 5.54. The Kier molecular flexibility index (Phi) is 3.58. The Morgan fingerprint density at radius 1 is 1.19 bits per heavy atom. The number of anilines is 1. The van der Waals surface area contributed by atoms with Gasteiger partial charge in [0.15, 0.2) is 5.13 Å². The maximum absolute atomic E-state index is 11.8. The molecule has 0 unspecified atom stereocenters. The quantitative estimate of drug-likeness (QED) is 0.756. The van der Waals surface area contributed by atoms with E-state index >= 15 is 0 Å². The lowest BCUT2D eigenvalue weighted by molar-refractivity contribution is 0.215. The maximum atomic E-state index is 11.8. The molecule has 0 aliphatic carbocycles. The standard InChI is InChI=1S/C16H14N2O2S/c1-10-8-11(2)14-13(9-10)17-15(21-14)18-16(19)20-12-6-4-3-5-7-12/h3-9H,1-2H3,(H,17,18,19). The van der Waals surface area contributed by atoms with E-state index in [0.29, 0.717) is 10.9 Å². The number of aromatic nitrogens is 1. The number of fused-ring (bicyclic) bond motifs is 1. The largest absolute Gasteiger partial charge is 0.418 e. The zero-order valence-electron chi connectivity index (χ0n) is 11.7. The van der Waals surface area contributed by atoms with Gasteiger partial charge in [-0.05, 0) is 43.2 Å². The molecule has 106 valence electrons. The van der Waals surface area contributed by atoms with Crippen LogP contribution in [0.1, 0.15) is 11.1 Å². The highest BCUT2D eigenvalue weighted by Gasteiger charge is 2.11. The molecule has 21 heavy (non-hydrogen) atoms. The van der Waals surface area contributed by atoms with E-state index in [0.717, 1.165) is 21.3 Å². The molecule has 0 aliphatic heterocycles. The normalized spacial score (nSPS) is 10.6. The van der Waals surface area contributed by atoms with E-state index in [9.17, 15) is 4.79 Å². The SMILES string of the molecule is Cc1cc(C)c2sc(NC(=O)Oc3ccccc3)nc2c1. The summed E-state index contributed by atoms with van der Waals surface area (Å²) in [4.78, 5) is 16.3. The van der Waals surface area contributed by atoms with Gasteiger partial charge in [-0.3, -0.25) is 5.32 Å². The average Bonchev–Trinajstić information content (AvgIpc) is 2.82. The third kappa shape index (κ3) is 3.03. The molecule has 0 radical (unpaired) electrons. The van der Waals surface area contributed by atoms with Crippen LogP contribution in [0.15, 0.2) is 42.5 Å². The smallest absolute Gasteiger partial charge is 0.410 e. The summed E-state index contributed by atoms with van der Waals surface area (Å²) < 4.78 is 6.26. The zero-order chi connectivity index (χ0) is 14.8. The Morgan fingerprint density at radius 2 is 1.95 bits per heavy atom. The topological polar surface area (TPSA) is 51.2 Å². The van der Waals surface area contributed by atoms with Crippen molar-refractivity contribution < 1.29 is 9.53 Å². The Labute approximate surface area is 126 Å². The first-order chi connectivity index (χ1) is 10.1. The number of ether oxygens (including phenoxy) is 1. The Balaban J connectivity index is 1.79. The summed E-state index contributed by atoms with van der Waals surface area (Å²) in [6.07, 6.45) is -0.533. The molecular formula is C16H14N2O2S. The molecule has 3 aromatic rings. The third-order valence-corrected chi connectivity index (χ3v) is 4.10. The van der Waals surface area contributed by atoms with E-state index < -0.39 is 6.09 Å². The van der Waals surface area contributed by atoms with Gasteiger partial charge in [-0.2, -0.15) is 0 Å². The number of carbonyl (C=O) groups is 1. The number of carbonyl (C=O) groups excluding carboxylic acids is 1. The van der Waals surface area contributed by atoms with Crippen molar-refractivity contribution in [3.8, 4) is 5.75 Å². The van der Waals surface area contributed by atoms with Gasteiger partial charge in [0, 0.05) is 0 Å². The number of hydrogen-bond donors (Lipinski definition) is 1. The van der Waals surface area contributed by atoms with Crippen LogP contribution >= 0.6 is 11.3 Å². The number of para-hydroxylation sites is 1. The average molecular weight is 298 g/mol. The maximum Gasteiger partial charge on any atom is 0.418 e. The van der Waals surface area contributed by atoms with Gasteiger partial charge in [-0.15, -0.1) is 0 Å². The highest BCUT2D eigenvalue weighted by Crippen LogP contribution is 2.29. The third-order valence-electron chi connectivity index (χ3n) is 2.98. The van der Waals surface area contributed by atoms with Crippen molar-refractivity contribution in [1.29, 1.82) is 0 Å². The molecular weight excluding hydrogens is 284 g/mol. The molecule has 4 nitrogen and oxygen atoms in total. The van der Waals surface area contributed by atoms with E-state index in [1.165, 1.54) is 11.3 Å². The number of nitrogens with zero attached hydrogens (tertiary/aromatic N) is 1. The lowest BCUT2D eigenvalue weighted by Crippen LogP contribution is -2.16. The summed E-state index contributed by atoms with van der Waals surface area (Å²) in [6.45, 7) is 4.07. The first kappa shape index (κ1) is 13.6.